The highest BCUT2D eigenvalue weighted by Gasteiger charge is 2.28. The number of hydrogen-bond donors (Lipinski definition) is 3. The Morgan fingerprint density at radius 2 is 2.19 bits per heavy atom. The zero-order chi connectivity index (χ0) is 12.0. The van der Waals surface area contributed by atoms with Crippen LogP contribution in [0.15, 0.2) is 0 Å². The highest BCUT2D eigenvalue weighted by atomic mass is 16.3. The molecule has 0 aliphatic heterocycles. The summed E-state index contributed by atoms with van der Waals surface area (Å²) in [6.45, 7) is 2.37. The molecule has 1 rings (SSSR count). The molecule has 0 heterocycles. The predicted molar refractivity (Wildman–Crippen MR) is 63.9 cm³/mol. The van der Waals surface area contributed by atoms with Crippen molar-refractivity contribution in [3.05, 3.63) is 0 Å². The van der Waals surface area contributed by atoms with Crippen molar-refractivity contribution in [1.29, 1.82) is 0 Å². The molecule has 0 bridgehead atoms. The van der Waals surface area contributed by atoms with E-state index in [1.54, 1.807) is 0 Å². The van der Waals surface area contributed by atoms with Crippen molar-refractivity contribution in [2.75, 3.05) is 6.54 Å². The summed E-state index contributed by atoms with van der Waals surface area (Å²) >= 11 is 0. The van der Waals surface area contributed by atoms with Gasteiger partial charge in [-0.1, -0.05) is 26.2 Å². The minimum Gasteiger partial charge on any atom is -0.391 e. The van der Waals surface area contributed by atoms with E-state index in [1.165, 1.54) is 0 Å². The zero-order valence-corrected chi connectivity index (χ0v) is 10.1. The van der Waals surface area contributed by atoms with E-state index >= 15 is 0 Å². The molecular weight excluding hydrogens is 204 g/mol. The van der Waals surface area contributed by atoms with Crippen LogP contribution in [0, 0.1) is 5.92 Å². The van der Waals surface area contributed by atoms with Crippen LogP contribution >= 0.6 is 0 Å². The third-order valence-corrected chi connectivity index (χ3v) is 3.29. The topological polar surface area (TPSA) is 75.3 Å². The second kappa shape index (κ2) is 6.86. The summed E-state index contributed by atoms with van der Waals surface area (Å²) in [5.41, 5.74) is 5.92. The van der Waals surface area contributed by atoms with Gasteiger partial charge in [-0.05, 0) is 19.3 Å². The molecule has 0 saturated heterocycles. The normalized spacial score (nSPS) is 27.4. The lowest BCUT2D eigenvalue weighted by molar-refractivity contribution is -0.126. The number of carbonyl (C=O) groups is 1. The molecule has 4 N–H and O–H groups in total. The van der Waals surface area contributed by atoms with Crippen LogP contribution in [0.1, 0.15) is 45.4 Å². The minimum absolute atomic E-state index is 0.00271. The van der Waals surface area contributed by atoms with E-state index in [9.17, 15) is 9.90 Å². The molecule has 4 heteroatoms. The number of aliphatic hydroxyl groups excluding tert-OH is 1. The van der Waals surface area contributed by atoms with Crippen LogP contribution in [0.5, 0.6) is 0 Å². The number of aliphatic hydroxyl groups is 1. The summed E-state index contributed by atoms with van der Waals surface area (Å²) in [5.74, 6) is -0.0371. The molecule has 1 aliphatic rings. The number of nitrogens with two attached hydrogens (primary N) is 1. The Morgan fingerprint density at radius 1 is 1.50 bits per heavy atom. The van der Waals surface area contributed by atoms with Crippen LogP contribution in [-0.2, 0) is 4.79 Å². The summed E-state index contributed by atoms with van der Waals surface area (Å²) in [6, 6.07) is -0.00271. The Hall–Kier alpha value is -0.610. The average Bonchev–Trinajstić information content (AvgIpc) is 2.27. The molecule has 0 radical (unpaired) electrons. The Morgan fingerprint density at radius 3 is 2.81 bits per heavy atom. The van der Waals surface area contributed by atoms with E-state index in [0.717, 1.165) is 38.5 Å². The van der Waals surface area contributed by atoms with Gasteiger partial charge in [-0.25, -0.2) is 0 Å². The summed E-state index contributed by atoms with van der Waals surface area (Å²) in [6.07, 6.45) is 5.28. The van der Waals surface area contributed by atoms with Crippen LogP contribution in [0.2, 0.25) is 0 Å². The molecular formula is C12H24N2O2. The van der Waals surface area contributed by atoms with Gasteiger partial charge in [0, 0.05) is 12.6 Å². The molecule has 1 aliphatic carbocycles. The first-order chi connectivity index (χ1) is 7.65. The molecule has 1 fully saturated rings. The second-order valence-electron chi connectivity index (χ2n) is 4.74. The highest BCUT2D eigenvalue weighted by Crippen LogP contribution is 2.22. The van der Waals surface area contributed by atoms with Crippen LogP contribution in [0.3, 0.4) is 0 Å². The SMILES string of the molecule is CCCC(O)CNC(=O)C1CCCCC1N. The van der Waals surface area contributed by atoms with E-state index in [-0.39, 0.29) is 17.9 Å². The van der Waals surface area contributed by atoms with E-state index < -0.39 is 6.10 Å². The number of nitrogens with one attached hydrogen (secondary N) is 1. The largest absolute Gasteiger partial charge is 0.391 e. The number of amides is 1. The standard InChI is InChI=1S/C12H24N2O2/c1-2-5-9(15)8-14-12(16)10-6-3-4-7-11(10)13/h9-11,15H,2-8,13H2,1H3,(H,14,16). The third-order valence-electron chi connectivity index (χ3n) is 3.29. The monoisotopic (exact) mass is 228 g/mol. The number of carbonyl (C=O) groups excluding carboxylic acids is 1. The Kier molecular flexibility index (Phi) is 5.77. The van der Waals surface area contributed by atoms with Gasteiger partial charge in [0.2, 0.25) is 5.91 Å². The van der Waals surface area contributed by atoms with Crippen molar-refractivity contribution < 1.29 is 9.90 Å². The van der Waals surface area contributed by atoms with Gasteiger partial charge in [0.1, 0.15) is 0 Å². The molecule has 16 heavy (non-hydrogen) atoms. The smallest absolute Gasteiger partial charge is 0.224 e. The Labute approximate surface area is 97.6 Å². The van der Waals surface area contributed by atoms with Gasteiger partial charge >= 0.3 is 0 Å². The molecule has 0 aromatic carbocycles. The molecule has 1 saturated carbocycles. The van der Waals surface area contributed by atoms with Crippen LogP contribution < -0.4 is 11.1 Å². The zero-order valence-electron chi connectivity index (χ0n) is 10.1. The van der Waals surface area contributed by atoms with Crippen molar-refractivity contribution in [1.82, 2.24) is 5.32 Å². The third kappa shape index (κ3) is 4.10. The first kappa shape index (κ1) is 13.5. The number of hydrogen-bond acceptors (Lipinski definition) is 3. The van der Waals surface area contributed by atoms with E-state index in [2.05, 4.69) is 5.32 Å². The Bertz CT molecular complexity index is 221. The van der Waals surface area contributed by atoms with E-state index in [0.29, 0.717) is 6.54 Å². The van der Waals surface area contributed by atoms with Gasteiger partial charge in [0.25, 0.3) is 0 Å². The molecule has 3 atom stereocenters. The van der Waals surface area contributed by atoms with Crippen molar-refractivity contribution in [3.63, 3.8) is 0 Å². The van der Waals surface area contributed by atoms with Crippen molar-refractivity contribution in [2.24, 2.45) is 11.7 Å². The lowest BCUT2D eigenvalue weighted by Gasteiger charge is -2.27. The van der Waals surface area contributed by atoms with Crippen molar-refractivity contribution >= 4 is 5.91 Å². The molecule has 0 aromatic rings. The van der Waals surface area contributed by atoms with Crippen molar-refractivity contribution in [2.45, 2.75) is 57.6 Å². The second-order valence-corrected chi connectivity index (χ2v) is 4.74. The van der Waals surface area contributed by atoms with E-state index in [1.807, 2.05) is 6.92 Å². The summed E-state index contributed by atoms with van der Waals surface area (Å²) in [7, 11) is 0. The highest BCUT2D eigenvalue weighted by molar-refractivity contribution is 5.79. The first-order valence-corrected chi connectivity index (χ1v) is 6.36. The van der Waals surface area contributed by atoms with Crippen LogP contribution in [-0.4, -0.2) is 29.7 Å². The average molecular weight is 228 g/mol. The maximum Gasteiger partial charge on any atom is 0.224 e. The number of rotatable bonds is 5. The lowest BCUT2D eigenvalue weighted by Crippen LogP contribution is -2.45. The molecule has 1 amide bonds. The van der Waals surface area contributed by atoms with Crippen molar-refractivity contribution in [3.8, 4) is 0 Å². The fourth-order valence-corrected chi connectivity index (χ4v) is 2.27. The van der Waals surface area contributed by atoms with Crippen LogP contribution in [0.25, 0.3) is 0 Å². The maximum absolute atomic E-state index is 11.8. The van der Waals surface area contributed by atoms with Gasteiger partial charge in [-0.15, -0.1) is 0 Å². The summed E-state index contributed by atoms with van der Waals surface area (Å²) in [4.78, 5) is 11.8. The van der Waals surface area contributed by atoms with Gasteiger partial charge in [0.05, 0.1) is 12.0 Å². The predicted octanol–water partition coefficient (Wildman–Crippen LogP) is 0.781. The first-order valence-electron chi connectivity index (χ1n) is 6.36. The summed E-state index contributed by atoms with van der Waals surface area (Å²) < 4.78 is 0. The maximum atomic E-state index is 11.8. The molecule has 3 unspecified atom stereocenters. The van der Waals surface area contributed by atoms with Gasteiger partial charge in [-0.2, -0.15) is 0 Å². The quantitative estimate of drug-likeness (QED) is 0.651. The van der Waals surface area contributed by atoms with Gasteiger partial charge in [0.15, 0.2) is 0 Å². The van der Waals surface area contributed by atoms with Gasteiger partial charge in [-0.3, -0.25) is 4.79 Å². The Balaban J connectivity index is 2.28. The molecule has 0 spiro atoms. The fraction of sp³-hybridized carbons (Fsp3) is 0.917. The molecule has 4 nitrogen and oxygen atoms in total. The summed E-state index contributed by atoms with van der Waals surface area (Å²) in [5, 5.41) is 12.3. The minimum atomic E-state index is -0.422. The van der Waals surface area contributed by atoms with Crippen LogP contribution in [0.4, 0.5) is 0 Å². The molecule has 94 valence electrons. The fourth-order valence-electron chi connectivity index (χ4n) is 2.27. The van der Waals surface area contributed by atoms with E-state index in [4.69, 9.17) is 5.73 Å². The van der Waals surface area contributed by atoms with Gasteiger partial charge < -0.3 is 16.2 Å². The molecule has 0 aromatic heterocycles. The lowest BCUT2D eigenvalue weighted by atomic mass is 9.84.